The Labute approximate surface area is 95.8 Å². The Balaban J connectivity index is 2.53. The molecule has 0 radical (unpaired) electrons. The topological polar surface area (TPSA) is 58.5 Å². The van der Waals surface area contributed by atoms with Crippen molar-refractivity contribution in [3.8, 4) is 0 Å². The molecule has 15 heavy (non-hydrogen) atoms. The molecule has 0 bridgehead atoms. The highest BCUT2D eigenvalue weighted by Gasteiger charge is 2.30. The highest BCUT2D eigenvalue weighted by atomic mass is 32.2. The van der Waals surface area contributed by atoms with Crippen LogP contribution in [0.1, 0.15) is 20.3 Å². The molecule has 0 fully saturated rings. The normalized spacial score (nSPS) is 18.5. The summed E-state index contributed by atoms with van der Waals surface area (Å²) in [5.74, 6) is 1.06. The molecule has 0 saturated carbocycles. The van der Waals surface area contributed by atoms with Crippen molar-refractivity contribution in [3.05, 3.63) is 0 Å². The molecule has 6 heteroatoms. The average Bonchev–Trinajstić information content (AvgIpc) is 2.15. The lowest BCUT2D eigenvalue weighted by molar-refractivity contribution is 0.547. The number of nitrogens with one attached hydrogen (secondary N) is 1. The van der Waals surface area contributed by atoms with Gasteiger partial charge in [0.05, 0.1) is 4.75 Å². The minimum absolute atomic E-state index is 0.414. The molecule has 0 aromatic heterocycles. The second-order valence-electron chi connectivity index (χ2n) is 4.27. The molecule has 0 spiro atoms. The molecule has 0 aliphatic carbocycles. The van der Waals surface area contributed by atoms with Crippen LogP contribution in [0, 0.1) is 0 Å². The van der Waals surface area contributed by atoms with Crippen LogP contribution in [0.4, 0.5) is 0 Å². The van der Waals surface area contributed by atoms with Crippen LogP contribution in [0.2, 0.25) is 0 Å². The molecule has 1 aliphatic rings. The quantitative estimate of drug-likeness (QED) is 0.808. The van der Waals surface area contributed by atoms with Crippen molar-refractivity contribution in [1.29, 1.82) is 0 Å². The van der Waals surface area contributed by atoms with E-state index < -0.39 is 14.6 Å². The molecule has 0 aromatic rings. The molecule has 0 aromatic carbocycles. The van der Waals surface area contributed by atoms with E-state index in [1.807, 2.05) is 0 Å². The van der Waals surface area contributed by atoms with E-state index in [2.05, 4.69) is 10.3 Å². The Kier molecular flexibility index (Phi) is 4.06. The van der Waals surface area contributed by atoms with Crippen LogP contribution in [0.15, 0.2) is 4.99 Å². The van der Waals surface area contributed by atoms with Crippen molar-refractivity contribution in [1.82, 2.24) is 5.32 Å². The largest absolute Gasteiger partial charge is 0.363 e. The maximum atomic E-state index is 11.4. The first-order chi connectivity index (χ1) is 6.83. The van der Waals surface area contributed by atoms with Crippen LogP contribution in [0.25, 0.3) is 0 Å². The SMILES string of the molecule is CC(C)(CNC1=NCCCS1)S(C)(=O)=O. The van der Waals surface area contributed by atoms with E-state index in [4.69, 9.17) is 0 Å². The summed E-state index contributed by atoms with van der Waals surface area (Å²) < 4.78 is 22.1. The first kappa shape index (κ1) is 12.8. The van der Waals surface area contributed by atoms with Gasteiger partial charge in [-0.1, -0.05) is 11.8 Å². The monoisotopic (exact) mass is 250 g/mol. The fraction of sp³-hybridized carbons (Fsp3) is 0.889. The Morgan fingerprint density at radius 1 is 1.53 bits per heavy atom. The van der Waals surface area contributed by atoms with Gasteiger partial charge < -0.3 is 5.32 Å². The zero-order chi connectivity index (χ0) is 11.5. The maximum Gasteiger partial charge on any atom is 0.156 e. The molecule has 0 atom stereocenters. The zero-order valence-electron chi connectivity index (χ0n) is 9.41. The standard InChI is InChI=1S/C9H18N2O2S2/c1-9(2,15(3,12)13)7-11-8-10-5-4-6-14-8/h4-7H2,1-3H3,(H,10,11). The van der Waals surface area contributed by atoms with Gasteiger partial charge in [-0.05, 0) is 20.3 Å². The van der Waals surface area contributed by atoms with Crippen LogP contribution in [-0.2, 0) is 9.84 Å². The number of amidine groups is 1. The summed E-state index contributed by atoms with van der Waals surface area (Å²) in [5.41, 5.74) is 0. The summed E-state index contributed by atoms with van der Waals surface area (Å²) in [5, 5.41) is 3.98. The van der Waals surface area contributed by atoms with Gasteiger partial charge in [0, 0.05) is 25.1 Å². The average molecular weight is 250 g/mol. The number of aliphatic imine (C=N–C) groups is 1. The summed E-state index contributed by atoms with van der Waals surface area (Å²) in [6.45, 7) is 4.71. The molecule has 1 rings (SSSR count). The van der Waals surface area contributed by atoms with Gasteiger partial charge in [0.15, 0.2) is 15.0 Å². The summed E-state index contributed by atoms with van der Waals surface area (Å²) >= 11 is 1.66. The summed E-state index contributed by atoms with van der Waals surface area (Å²) in [6.07, 6.45) is 2.37. The number of hydrogen-bond donors (Lipinski definition) is 1. The van der Waals surface area contributed by atoms with Crippen LogP contribution >= 0.6 is 11.8 Å². The van der Waals surface area contributed by atoms with E-state index in [-0.39, 0.29) is 0 Å². The predicted molar refractivity (Wildman–Crippen MR) is 66.3 cm³/mol. The predicted octanol–water partition coefficient (Wildman–Crippen LogP) is 0.892. The number of sulfone groups is 1. The van der Waals surface area contributed by atoms with Crippen molar-refractivity contribution in [2.75, 3.05) is 25.1 Å². The number of hydrogen-bond acceptors (Lipinski definition) is 5. The summed E-state index contributed by atoms with van der Waals surface area (Å²) in [7, 11) is -3.03. The first-order valence-electron chi connectivity index (χ1n) is 4.94. The van der Waals surface area contributed by atoms with E-state index in [9.17, 15) is 8.42 Å². The van der Waals surface area contributed by atoms with Gasteiger partial charge in [0.25, 0.3) is 0 Å². The van der Waals surface area contributed by atoms with Crippen LogP contribution in [0.5, 0.6) is 0 Å². The van der Waals surface area contributed by atoms with Crippen molar-refractivity contribution in [2.24, 2.45) is 4.99 Å². The lowest BCUT2D eigenvalue weighted by Crippen LogP contribution is -2.43. The molecule has 4 nitrogen and oxygen atoms in total. The second kappa shape index (κ2) is 4.74. The number of nitrogens with zero attached hydrogens (tertiary/aromatic N) is 1. The summed E-state index contributed by atoms with van der Waals surface area (Å²) in [6, 6.07) is 0. The fourth-order valence-corrected chi connectivity index (χ4v) is 2.14. The summed E-state index contributed by atoms with van der Waals surface area (Å²) in [4.78, 5) is 4.29. The van der Waals surface area contributed by atoms with E-state index in [0.717, 1.165) is 23.9 Å². The van der Waals surface area contributed by atoms with E-state index in [1.54, 1.807) is 25.6 Å². The van der Waals surface area contributed by atoms with E-state index in [1.165, 1.54) is 6.26 Å². The number of rotatable bonds is 3. The Bertz CT molecular complexity index is 347. The van der Waals surface area contributed by atoms with E-state index in [0.29, 0.717) is 6.54 Å². The first-order valence-corrected chi connectivity index (χ1v) is 7.81. The Morgan fingerprint density at radius 2 is 2.20 bits per heavy atom. The Morgan fingerprint density at radius 3 is 2.67 bits per heavy atom. The van der Waals surface area contributed by atoms with Gasteiger partial charge in [0.2, 0.25) is 0 Å². The molecular weight excluding hydrogens is 232 g/mol. The third kappa shape index (κ3) is 3.68. The molecule has 0 amide bonds. The molecule has 0 unspecified atom stereocenters. The van der Waals surface area contributed by atoms with Gasteiger partial charge in [-0.3, -0.25) is 4.99 Å². The van der Waals surface area contributed by atoms with Crippen molar-refractivity contribution < 1.29 is 8.42 Å². The fourth-order valence-electron chi connectivity index (χ4n) is 0.986. The van der Waals surface area contributed by atoms with Crippen LogP contribution in [0.3, 0.4) is 0 Å². The van der Waals surface area contributed by atoms with Crippen molar-refractivity contribution in [2.45, 2.75) is 25.0 Å². The van der Waals surface area contributed by atoms with Crippen molar-refractivity contribution >= 4 is 26.8 Å². The van der Waals surface area contributed by atoms with E-state index >= 15 is 0 Å². The molecule has 88 valence electrons. The van der Waals surface area contributed by atoms with Gasteiger partial charge >= 0.3 is 0 Å². The van der Waals surface area contributed by atoms with Gasteiger partial charge in [-0.25, -0.2) is 8.42 Å². The molecule has 1 aliphatic heterocycles. The van der Waals surface area contributed by atoms with Gasteiger partial charge in [0.1, 0.15) is 0 Å². The third-order valence-electron chi connectivity index (χ3n) is 2.47. The maximum absolute atomic E-state index is 11.4. The highest BCUT2D eigenvalue weighted by molar-refractivity contribution is 8.13. The molecule has 1 heterocycles. The zero-order valence-corrected chi connectivity index (χ0v) is 11.0. The van der Waals surface area contributed by atoms with Crippen LogP contribution < -0.4 is 5.32 Å². The second-order valence-corrected chi connectivity index (χ2v) is 8.01. The minimum Gasteiger partial charge on any atom is -0.363 e. The highest BCUT2D eigenvalue weighted by Crippen LogP contribution is 2.15. The van der Waals surface area contributed by atoms with Gasteiger partial charge in [-0.2, -0.15) is 0 Å². The minimum atomic E-state index is -3.03. The molecule has 0 saturated heterocycles. The molecular formula is C9H18N2O2S2. The van der Waals surface area contributed by atoms with Crippen LogP contribution in [-0.4, -0.2) is 43.4 Å². The van der Waals surface area contributed by atoms with Gasteiger partial charge in [-0.15, -0.1) is 0 Å². The smallest absolute Gasteiger partial charge is 0.156 e. The Hall–Kier alpha value is -0.230. The molecule has 1 N–H and O–H groups in total. The lowest BCUT2D eigenvalue weighted by atomic mass is 10.2. The third-order valence-corrected chi connectivity index (χ3v) is 5.66. The number of thioether (sulfide) groups is 1. The lowest BCUT2D eigenvalue weighted by Gasteiger charge is -2.24. The van der Waals surface area contributed by atoms with Crippen molar-refractivity contribution in [3.63, 3.8) is 0 Å².